The molecule has 8 nitrogen and oxygen atoms in total. The molecule has 0 spiro atoms. The minimum atomic E-state index is -0.899. The zero-order valence-electron chi connectivity index (χ0n) is 20.2. The van der Waals surface area contributed by atoms with Crippen LogP contribution >= 0.6 is 0 Å². The first-order chi connectivity index (χ1) is 16.8. The van der Waals surface area contributed by atoms with Crippen LogP contribution in [-0.2, 0) is 14.3 Å². The minimum Gasteiger partial charge on any atom is -0.481 e. The van der Waals surface area contributed by atoms with Gasteiger partial charge in [0.2, 0.25) is 5.91 Å². The molecule has 1 saturated carbocycles. The predicted octanol–water partition coefficient (Wildman–Crippen LogP) is 3.21. The molecule has 0 aliphatic heterocycles. The summed E-state index contributed by atoms with van der Waals surface area (Å²) in [4.78, 5) is 39.2. The minimum absolute atomic E-state index is 0.0761. The molecule has 2 amide bonds. The van der Waals surface area contributed by atoms with E-state index in [9.17, 15) is 19.5 Å². The van der Waals surface area contributed by atoms with Crippen molar-refractivity contribution >= 4 is 18.0 Å². The Labute approximate surface area is 205 Å². The number of benzene rings is 2. The van der Waals surface area contributed by atoms with Crippen molar-refractivity contribution in [3.63, 3.8) is 0 Å². The van der Waals surface area contributed by atoms with Crippen LogP contribution in [0.15, 0.2) is 48.5 Å². The second-order valence-corrected chi connectivity index (χ2v) is 9.63. The quantitative estimate of drug-likeness (QED) is 0.537. The zero-order chi connectivity index (χ0) is 24.9. The van der Waals surface area contributed by atoms with Gasteiger partial charge in [-0.1, -0.05) is 61.4 Å². The van der Waals surface area contributed by atoms with E-state index in [0.717, 1.165) is 35.1 Å². The molecule has 0 heterocycles. The van der Waals surface area contributed by atoms with Gasteiger partial charge in [-0.3, -0.25) is 9.59 Å². The number of carbonyl (C=O) groups is 3. The molecule has 3 atom stereocenters. The van der Waals surface area contributed by atoms with Crippen LogP contribution in [0.3, 0.4) is 0 Å². The molecule has 3 N–H and O–H groups in total. The number of nitrogens with zero attached hydrogens (tertiary/aromatic N) is 1. The van der Waals surface area contributed by atoms with Crippen molar-refractivity contribution in [1.29, 1.82) is 0 Å². The summed E-state index contributed by atoms with van der Waals surface area (Å²) < 4.78 is 5.61. The lowest BCUT2D eigenvalue weighted by Gasteiger charge is -2.31. The third-order valence-corrected chi connectivity index (χ3v) is 6.91. The number of carboxylic acid groups (broad SMARTS) is 1. The van der Waals surface area contributed by atoms with Crippen molar-refractivity contribution in [1.82, 2.24) is 15.5 Å². The first-order valence-corrected chi connectivity index (χ1v) is 12.1. The van der Waals surface area contributed by atoms with E-state index in [1.165, 1.54) is 0 Å². The highest BCUT2D eigenvalue weighted by Crippen LogP contribution is 2.44. The number of fused-ring (bicyclic) bond motifs is 3. The molecule has 1 fully saturated rings. The van der Waals surface area contributed by atoms with Gasteiger partial charge in [0.05, 0.1) is 5.92 Å². The fourth-order valence-electron chi connectivity index (χ4n) is 5.22. The molecular weight excluding hydrogens is 446 g/mol. The van der Waals surface area contributed by atoms with Crippen LogP contribution in [0.5, 0.6) is 0 Å². The third-order valence-electron chi connectivity index (χ3n) is 6.91. The number of hydrogen-bond acceptors (Lipinski definition) is 5. The second kappa shape index (κ2) is 10.9. The maximum absolute atomic E-state index is 13.0. The van der Waals surface area contributed by atoms with Gasteiger partial charge in [-0.2, -0.15) is 0 Å². The maximum atomic E-state index is 13.0. The number of amides is 2. The van der Waals surface area contributed by atoms with Crippen LogP contribution in [0.25, 0.3) is 11.1 Å². The molecule has 0 bridgehead atoms. The fourth-order valence-corrected chi connectivity index (χ4v) is 5.22. The number of ether oxygens (including phenoxy) is 1. The van der Waals surface area contributed by atoms with E-state index in [1.807, 2.05) is 36.4 Å². The molecule has 186 valence electrons. The molecule has 0 aromatic heterocycles. The molecule has 2 aliphatic carbocycles. The molecule has 2 aromatic rings. The van der Waals surface area contributed by atoms with Gasteiger partial charge in [-0.05, 0) is 49.2 Å². The van der Waals surface area contributed by atoms with Crippen molar-refractivity contribution in [3.8, 4) is 11.1 Å². The van der Waals surface area contributed by atoms with Crippen molar-refractivity contribution in [2.24, 2.45) is 5.92 Å². The summed E-state index contributed by atoms with van der Waals surface area (Å²) in [7, 11) is 3.61. The fraction of sp³-hybridized carbons (Fsp3) is 0.444. The van der Waals surface area contributed by atoms with Crippen LogP contribution in [0.1, 0.15) is 42.7 Å². The van der Waals surface area contributed by atoms with E-state index in [4.69, 9.17) is 4.74 Å². The standard InChI is InChI=1S/C27H33N3O5/c1-30(2)15-24(25(31)28-23-14-8-7-13-21(23)26(32)33)29-27(34)35-16-22-19-11-5-3-9-17(19)18-10-4-6-12-20(18)22/h3-6,9-12,21-24H,7-8,13-16H2,1-2H3,(H,28,31)(H,29,34)(H,32,33). The highest BCUT2D eigenvalue weighted by molar-refractivity contribution is 5.87. The Morgan fingerprint density at radius 2 is 1.60 bits per heavy atom. The summed E-state index contributed by atoms with van der Waals surface area (Å²) in [6.45, 7) is 0.417. The molecule has 2 aromatic carbocycles. The maximum Gasteiger partial charge on any atom is 0.407 e. The van der Waals surface area contributed by atoms with Gasteiger partial charge in [-0.25, -0.2) is 4.79 Å². The normalized spacial score (nSPS) is 20.0. The Morgan fingerprint density at radius 1 is 1.00 bits per heavy atom. The number of carbonyl (C=O) groups excluding carboxylic acids is 2. The van der Waals surface area contributed by atoms with Crippen molar-refractivity contribution < 1.29 is 24.2 Å². The molecule has 3 unspecified atom stereocenters. The monoisotopic (exact) mass is 479 g/mol. The van der Waals surface area contributed by atoms with Crippen molar-refractivity contribution in [2.75, 3.05) is 27.2 Å². The average molecular weight is 480 g/mol. The Bertz CT molecular complexity index is 1040. The molecular formula is C27H33N3O5. The number of likely N-dealkylation sites (N-methyl/N-ethyl adjacent to an activating group) is 1. The summed E-state index contributed by atoms with van der Waals surface area (Å²) in [5.74, 6) is -1.98. The topological polar surface area (TPSA) is 108 Å². The number of nitrogens with one attached hydrogen (secondary N) is 2. The van der Waals surface area contributed by atoms with Crippen molar-refractivity contribution in [2.45, 2.75) is 43.7 Å². The number of aliphatic carboxylic acids is 1. The third kappa shape index (κ3) is 5.65. The van der Waals surface area contributed by atoms with Crippen LogP contribution in [0, 0.1) is 5.92 Å². The first kappa shape index (κ1) is 24.7. The van der Waals surface area contributed by atoms with Crippen LogP contribution in [-0.4, -0.2) is 67.3 Å². The summed E-state index contributed by atoms with van der Waals surface area (Å²) in [5.41, 5.74) is 4.51. The average Bonchev–Trinajstić information content (AvgIpc) is 3.16. The largest absolute Gasteiger partial charge is 0.481 e. The van der Waals surface area contributed by atoms with Crippen molar-refractivity contribution in [3.05, 3.63) is 59.7 Å². The number of carboxylic acids is 1. The Balaban J connectivity index is 1.40. The van der Waals surface area contributed by atoms with Gasteiger partial charge in [0.25, 0.3) is 0 Å². The summed E-state index contributed by atoms with van der Waals surface area (Å²) in [6.07, 6.45) is 2.18. The predicted molar refractivity (Wildman–Crippen MR) is 132 cm³/mol. The molecule has 35 heavy (non-hydrogen) atoms. The Morgan fingerprint density at radius 3 is 2.20 bits per heavy atom. The Kier molecular flexibility index (Phi) is 7.70. The lowest BCUT2D eigenvalue weighted by Crippen LogP contribution is -2.56. The summed E-state index contributed by atoms with van der Waals surface area (Å²) in [6, 6.07) is 14.9. The lowest BCUT2D eigenvalue weighted by atomic mass is 9.84. The zero-order valence-corrected chi connectivity index (χ0v) is 20.2. The summed E-state index contributed by atoms with van der Waals surface area (Å²) >= 11 is 0. The van der Waals surface area contributed by atoms with Gasteiger partial charge in [-0.15, -0.1) is 0 Å². The SMILES string of the molecule is CN(C)CC(NC(=O)OCC1c2ccccc2-c2ccccc21)C(=O)NC1CCCCC1C(=O)O. The second-order valence-electron chi connectivity index (χ2n) is 9.63. The first-order valence-electron chi connectivity index (χ1n) is 12.1. The van der Waals surface area contributed by atoms with Crippen LogP contribution in [0.4, 0.5) is 4.79 Å². The molecule has 8 heteroatoms. The van der Waals surface area contributed by atoms with E-state index in [0.29, 0.717) is 12.8 Å². The van der Waals surface area contributed by atoms with E-state index in [1.54, 1.807) is 19.0 Å². The highest BCUT2D eigenvalue weighted by atomic mass is 16.5. The van der Waals surface area contributed by atoms with Crippen LogP contribution in [0.2, 0.25) is 0 Å². The molecule has 0 saturated heterocycles. The van der Waals surface area contributed by atoms with Gasteiger partial charge < -0.3 is 25.4 Å². The van der Waals surface area contributed by atoms with Crippen LogP contribution < -0.4 is 10.6 Å². The number of alkyl carbamates (subject to hydrolysis) is 1. The van der Waals surface area contributed by atoms with Gasteiger partial charge >= 0.3 is 12.1 Å². The lowest BCUT2D eigenvalue weighted by molar-refractivity contribution is -0.144. The van der Waals surface area contributed by atoms with E-state index >= 15 is 0 Å². The highest BCUT2D eigenvalue weighted by Gasteiger charge is 2.34. The van der Waals surface area contributed by atoms with Gasteiger partial charge in [0.15, 0.2) is 0 Å². The smallest absolute Gasteiger partial charge is 0.407 e. The summed E-state index contributed by atoms with van der Waals surface area (Å²) in [5, 5.41) is 15.1. The van der Waals surface area contributed by atoms with E-state index in [-0.39, 0.29) is 19.1 Å². The van der Waals surface area contributed by atoms with E-state index in [2.05, 4.69) is 22.8 Å². The van der Waals surface area contributed by atoms with Gasteiger partial charge in [0, 0.05) is 18.5 Å². The molecule has 0 radical (unpaired) electrons. The number of rotatable bonds is 8. The van der Waals surface area contributed by atoms with Gasteiger partial charge in [0.1, 0.15) is 12.6 Å². The molecule has 2 aliphatic rings. The van der Waals surface area contributed by atoms with E-state index < -0.39 is 36.0 Å². The molecule has 4 rings (SSSR count). The Hall–Kier alpha value is -3.39. The number of hydrogen-bond donors (Lipinski definition) is 3.